The van der Waals surface area contributed by atoms with Gasteiger partial charge in [0.05, 0.1) is 6.20 Å². The van der Waals surface area contributed by atoms with Crippen LogP contribution in [-0.4, -0.2) is 31.7 Å². The van der Waals surface area contributed by atoms with Gasteiger partial charge in [-0.15, -0.1) is 0 Å². The Morgan fingerprint density at radius 2 is 2.24 bits per heavy atom. The van der Waals surface area contributed by atoms with Gasteiger partial charge in [-0.25, -0.2) is 13.1 Å². The third-order valence-electron chi connectivity index (χ3n) is 2.39. The van der Waals surface area contributed by atoms with Gasteiger partial charge in [-0.3, -0.25) is 5.10 Å². The molecule has 1 atom stereocenters. The number of H-pyrrole nitrogens is 1. The van der Waals surface area contributed by atoms with Crippen LogP contribution in [0, 0.1) is 0 Å². The molecular formula is C10H20N4O2S. The third-order valence-corrected chi connectivity index (χ3v) is 4.00. The topological polar surface area (TPSA) is 86.9 Å². The fourth-order valence-corrected chi connectivity index (χ4v) is 3.07. The van der Waals surface area contributed by atoms with Crippen LogP contribution in [0.5, 0.6) is 0 Å². The van der Waals surface area contributed by atoms with Gasteiger partial charge >= 0.3 is 0 Å². The first kappa shape index (κ1) is 14.1. The van der Waals surface area contributed by atoms with Crippen molar-refractivity contribution in [2.45, 2.75) is 44.3 Å². The number of sulfonamides is 1. The van der Waals surface area contributed by atoms with E-state index in [2.05, 4.69) is 20.2 Å². The van der Waals surface area contributed by atoms with E-state index < -0.39 is 10.0 Å². The van der Waals surface area contributed by atoms with Crippen molar-refractivity contribution in [3.63, 3.8) is 0 Å². The molecule has 0 bridgehead atoms. The molecule has 17 heavy (non-hydrogen) atoms. The summed E-state index contributed by atoms with van der Waals surface area (Å²) in [6, 6.07) is -0.0734. The van der Waals surface area contributed by atoms with Gasteiger partial charge in [-0.05, 0) is 20.4 Å². The number of hydrogen-bond donors (Lipinski definition) is 3. The molecule has 0 saturated heterocycles. The van der Waals surface area contributed by atoms with E-state index in [0.29, 0.717) is 12.1 Å². The second-order valence-corrected chi connectivity index (χ2v) is 5.72. The van der Waals surface area contributed by atoms with Gasteiger partial charge in [0.2, 0.25) is 0 Å². The summed E-state index contributed by atoms with van der Waals surface area (Å²) in [5.74, 6) is 0. The van der Waals surface area contributed by atoms with Gasteiger partial charge in [0.1, 0.15) is 0 Å². The molecular weight excluding hydrogens is 240 g/mol. The number of nitrogens with one attached hydrogen (secondary N) is 3. The molecule has 1 aromatic heterocycles. The van der Waals surface area contributed by atoms with E-state index >= 15 is 0 Å². The monoisotopic (exact) mass is 260 g/mol. The normalized spacial score (nSPS) is 13.8. The Balaban J connectivity index is 2.85. The van der Waals surface area contributed by atoms with E-state index in [-0.39, 0.29) is 11.1 Å². The fourth-order valence-electron chi connectivity index (χ4n) is 1.66. The van der Waals surface area contributed by atoms with Crippen LogP contribution in [0.25, 0.3) is 0 Å². The number of nitrogens with zero attached hydrogens (tertiary/aromatic N) is 1. The van der Waals surface area contributed by atoms with Crippen LogP contribution < -0.4 is 10.0 Å². The Labute approximate surface area is 102 Å². The minimum Gasteiger partial charge on any atom is -0.316 e. The highest BCUT2D eigenvalue weighted by Crippen LogP contribution is 2.12. The highest BCUT2D eigenvalue weighted by Gasteiger charge is 2.22. The predicted molar refractivity (Wildman–Crippen MR) is 66.0 cm³/mol. The van der Waals surface area contributed by atoms with Gasteiger partial charge in [0.25, 0.3) is 10.0 Å². The summed E-state index contributed by atoms with van der Waals surface area (Å²) < 4.78 is 26.8. The number of rotatable bonds is 7. The van der Waals surface area contributed by atoms with Crippen molar-refractivity contribution < 1.29 is 8.42 Å². The first-order chi connectivity index (χ1) is 8.01. The maximum Gasteiger partial charge on any atom is 0.258 e. The lowest BCUT2D eigenvalue weighted by Gasteiger charge is -2.13. The van der Waals surface area contributed by atoms with Crippen LogP contribution in [0.4, 0.5) is 0 Å². The maximum atomic E-state index is 12.1. The summed E-state index contributed by atoms with van der Waals surface area (Å²) >= 11 is 0. The molecule has 6 nitrogen and oxygen atoms in total. The molecule has 1 heterocycles. The van der Waals surface area contributed by atoms with Gasteiger partial charge in [0, 0.05) is 18.2 Å². The summed E-state index contributed by atoms with van der Waals surface area (Å²) in [6.45, 7) is 4.34. The first-order valence-corrected chi connectivity index (χ1v) is 7.18. The van der Waals surface area contributed by atoms with Crippen LogP contribution in [0.1, 0.15) is 32.3 Å². The van der Waals surface area contributed by atoms with Crippen molar-refractivity contribution in [2.24, 2.45) is 0 Å². The molecule has 3 N–H and O–H groups in total. The van der Waals surface area contributed by atoms with E-state index in [0.717, 1.165) is 12.8 Å². The van der Waals surface area contributed by atoms with Crippen LogP contribution in [-0.2, 0) is 16.6 Å². The molecule has 0 amide bonds. The minimum atomic E-state index is -3.50. The number of hydrogen-bond acceptors (Lipinski definition) is 4. The average molecular weight is 260 g/mol. The van der Waals surface area contributed by atoms with Crippen molar-refractivity contribution in [2.75, 3.05) is 7.05 Å². The second-order valence-electron chi connectivity index (χ2n) is 4.07. The zero-order valence-corrected chi connectivity index (χ0v) is 11.3. The number of aromatic nitrogens is 2. The van der Waals surface area contributed by atoms with Gasteiger partial charge < -0.3 is 5.32 Å². The van der Waals surface area contributed by atoms with E-state index in [4.69, 9.17) is 0 Å². The second kappa shape index (κ2) is 6.13. The van der Waals surface area contributed by atoms with Gasteiger partial charge in [0.15, 0.2) is 5.03 Å². The highest BCUT2D eigenvalue weighted by molar-refractivity contribution is 7.89. The molecule has 1 rings (SSSR count). The zero-order chi connectivity index (χ0) is 12.9. The molecule has 0 aliphatic rings. The summed E-state index contributed by atoms with van der Waals surface area (Å²) in [6.07, 6.45) is 3.28. The van der Waals surface area contributed by atoms with Crippen LogP contribution >= 0.6 is 0 Å². The van der Waals surface area contributed by atoms with E-state index in [1.54, 1.807) is 7.05 Å². The molecule has 0 spiro atoms. The largest absolute Gasteiger partial charge is 0.316 e. The third kappa shape index (κ3) is 3.79. The van der Waals surface area contributed by atoms with Gasteiger partial charge in [-0.2, -0.15) is 5.10 Å². The predicted octanol–water partition coefficient (Wildman–Crippen LogP) is 0.596. The Hall–Kier alpha value is -0.920. The fraction of sp³-hybridized carbons (Fsp3) is 0.700. The Kier molecular flexibility index (Phi) is 5.10. The molecule has 0 radical (unpaired) electrons. The lowest BCUT2D eigenvalue weighted by Crippen LogP contribution is -2.33. The summed E-state index contributed by atoms with van der Waals surface area (Å²) in [5, 5.41) is 9.37. The molecule has 1 aromatic rings. The first-order valence-electron chi connectivity index (χ1n) is 5.70. The average Bonchev–Trinajstić information content (AvgIpc) is 2.66. The molecule has 1 unspecified atom stereocenters. The standard InChI is InChI=1S/C10H20N4O2S/c1-4-5-8(2)14-17(15,16)10-9(6-11-3)7-12-13-10/h7-8,11,14H,4-6H2,1-3H3,(H,12,13). The molecule has 0 aliphatic heterocycles. The molecule has 0 aliphatic carbocycles. The van der Waals surface area contributed by atoms with Crippen molar-refractivity contribution in [3.05, 3.63) is 11.8 Å². The van der Waals surface area contributed by atoms with Crippen molar-refractivity contribution in [3.8, 4) is 0 Å². The summed E-state index contributed by atoms with van der Waals surface area (Å²) in [5.41, 5.74) is 0.642. The van der Waals surface area contributed by atoms with Gasteiger partial charge in [-0.1, -0.05) is 13.3 Å². The van der Waals surface area contributed by atoms with Crippen LogP contribution in [0.2, 0.25) is 0 Å². The Morgan fingerprint density at radius 1 is 1.53 bits per heavy atom. The lowest BCUT2D eigenvalue weighted by molar-refractivity contribution is 0.539. The molecule has 7 heteroatoms. The SMILES string of the molecule is CCCC(C)NS(=O)(=O)c1[nH]ncc1CNC. The number of aromatic amines is 1. The molecule has 0 fully saturated rings. The highest BCUT2D eigenvalue weighted by atomic mass is 32.2. The van der Waals surface area contributed by atoms with E-state index in [1.807, 2.05) is 13.8 Å². The van der Waals surface area contributed by atoms with Crippen molar-refractivity contribution in [1.29, 1.82) is 0 Å². The minimum absolute atomic E-state index is 0.0734. The van der Waals surface area contributed by atoms with Crippen molar-refractivity contribution >= 4 is 10.0 Å². The Morgan fingerprint density at radius 3 is 2.82 bits per heavy atom. The van der Waals surface area contributed by atoms with E-state index in [9.17, 15) is 8.42 Å². The molecule has 0 aromatic carbocycles. The molecule has 98 valence electrons. The summed E-state index contributed by atoms with van der Waals surface area (Å²) in [7, 11) is -1.74. The van der Waals surface area contributed by atoms with Crippen LogP contribution in [0.15, 0.2) is 11.2 Å². The maximum absolute atomic E-state index is 12.1. The zero-order valence-electron chi connectivity index (χ0n) is 10.4. The van der Waals surface area contributed by atoms with Crippen molar-refractivity contribution in [1.82, 2.24) is 20.2 Å². The smallest absolute Gasteiger partial charge is 0.258 e. The molecule has 0 saturated carbocycles. The van der Waals surface area contributed by atoms with E-state index in [1.165, 1.54) is 6.20 Å². The quantitative estimate of drug-likeness (QED) is 0.670. The summed E-state index contributed by atoms with van der Waals surface area (Å²) in [4.78, 5) is 0. The van der Waals surface area contributed by atoms with Crippen LogP contribution in [0.3, 0.4) is 0 Å². The lowest BCUT2D eigenvalue weighted by atomic mass is 10.2. The Bertz CT molecular complexity index is 441.